The number of aromatic nitrogens is 1. The highest BCUT2D eigenvalue weighted by molar-refractivity contribution is 5.95. The molecule has 28 heavy (non-hydrogen) atoms. The van der Waals surface area contributed by atoms with Crippen molar-refractivity contribution in [3.63, 3.8) is 0 Å². The number of amides is 1. The van der Waals surface area contributed by atoms with E-state index in [1.165, 1.54) is 6.39 Å². The molecule has 0 saturated carbocycles. The lowest BCUT2D eigenvalue weighted by atomic mass is 10.1. The molecule has 1 amide bonds. The Labute approximate surface area is 164 Å². The van der Waals surface area contributed by atoms with E-state index in [-0.39, 0.29) is 5.91 Å². The molecule has 0 aliphatic carbocycles. The van der Waals surface area contributed by atoms with E-state index in [1.807, 2.05) is 53.4 Å². The molecule has 0 radical (unpaired) electrons. The summed E-state index contributed by atoms with van der Waals surface area (Å²) in [6, 6.07) is 15.4. The van der Waals surface area contributed by atoms with Crippen molar-refractivity contribution in [2.45, 2.75) is 0 Å². The smallest absolute Gasteiger partial charge is 0.253 e. The lowest BCUT2D eigenvalue weighted by Gasteiger charge is -2.32. The molecule has 4 rings (SSSR count). The molecular weight excluding hydrogens is 352 g/mol. The molecule has 0 unspecified atom stereocenters. The van der Waals surface area contributed by atoms with Crippen molar-refractivity contribution in [2.24, 2.45) is 4.99 Å². The lowest BCUT2D eigenvalue weighted by molar-refractivity contribution is 0.0664. The molecule has 2 heterocycles. The number of nitrogens with zero attached hydrogens (tertiary/aromatic N) is 4. The molecule has 0 spiro atoms. The summed E-state index contributed by atoms with van der Waals surface area (Å²) < 4.78 is 5.29. The van der Waals surface area contributed by atoms with Crippen LogP contribution in [0.3, 0.4) is 0 Å². The molecule has 1 aliphatic heterocycles. The van der Waals surface area contributed by atoms with Crippen LogP contribution in [-0.2, 0) is 0 Å². The third kappa shape index (κ3) is 4.18. The maximum atomic E-state index is 12.6. The van der Waals surface area contributed by atoms with E-state index >= 15 is 0 Å². The van der Waals surface area contributed by atoms with E-state index in [4.69, 9.17) is 4.42 Å². The maximum absolute atomic E-state index is 12.6. The van der Waals surface area contributed by atoms with Crippen LogP contribution in [0.25, 0.3) is 11.3 Å². The summed E-state index contributed by atoms with van der Waals surface area (Å²) in [6.45, 7) is 3.41. The third-order valence-electron chi connectivity index (χ3n) is 4.89. The first-order valence-electron chi connectivity index (χ1n) is 9.30. The second-order valence-electron chi connectivity index (χ2n) is 6.89. The summed E-state index contributed by atoms with van der Waals surface area (Å²) >= 11 is 0. The van der Waals surface area contributed by atoms with Crippen molar-refractivity contribution in [3.05, 3.63) is 72.2 Å². The molecule has 2 aromatic carbocycles. The highest BCUT2D eigenvalue weighted by Crippen LogP contribution is 2.22. The minimum Gasteiger partial charge on any atom is -0.444 e. The Hall–Kier alpha value is -3.25. The molecular formula is C22H22N4O2. The molecule has 1 aromatic heterocycles. The van der Waals surface area contributed by atoms with Crippen LogP contribution in [0.2, 0.25) is 0 Å². The SMILES string of the molecule is CN1CCN(C(=O)c2ccc(C=Nc3ccc(-c4cnco4)cc3)cc2)CC1. The van der Waals surface area contributed by atoms with Gasteiger partial charge in [0.15, 0.2) is 12.2 Å². The number of carbonyl (C=O) groups is 1. The zero-order valence-electron chi connectivity index (χ0n) is 15.8. The van der Waals surface area contributed by atoms with Gasteiger partial charge < -0.3 is 14.2 Å². The number of hydrogen-bond donors (Lipinski definition) is 0. The number of likely N-dealkylation sites (N-methyl/N-ethyl adjacent to an activating group) is 1. The van der Waals surface area contributed by atoms with Crippen LogP contribution in [0.5, 0.6) is 0 Å². The van der Waals surface area contributed by atoms with Gasteiger partial charge in [-0.15, -0.1) is 0 Å². The second-order valence-corrected chi connectivity index (χ2v) is 6.89. The van der Waals surface area contributed by atoms with Crippen LogP contribution in [0.4, 0.5) is 5.69 Å². The fraction of sp³-hybridized carbons (Fsp3) is 0.227. The largest absolute Gasteiger partial charge is 0.444 e. The van der Waals surface area contributed by atoms with Crippen LogP contribution < -0.4 is 0 Å². The predicted octanol–water partition coefficient (Wildman–Crippen LogP) is 3.48. The van der Waals surface area contributed by atoms with Crippen LogP contribution in [0, 0.1) is 0 Å². The summed E-state index contributed by atoms with van der Waals surface area (Å²) in [5, 5.41) is 0. The summed E-state index contributed by atoms with van der Waals surface area (Å²) in [6.07, 6.45) is 4.90. The first kappa shape index (κ1) is 18.1. The number of hydrogen-bond acceptors (Lipinski definition) is 5. The summed E-state index contributed by atoms with van der Waals surface area (Å²) in [4.78, 5) is 25.2. The van der Waals surface area contributed by atoms with Gasteiger partial charge in [-0.05, 0) is 49.0 Å². The molecule has 142 valence electrons. The van der Waals surface area contributed by atoms with E-state index < -0.39 is 0 Å². The number of rotatable bonds is 4. The fourth-order valence-corrected chi connectivity index (χ4v) is 3.12. The average Bonchev–Trinajstić information content (AvgIpc) is 3.28. The fourth-order valence-electron chi connectivity index (χ4n) is 3.12. The van der Waals surface area contributed by atoms with Crippen LogP contribution >= 0.6 is 0 Å². The molecule has 1 fully saturated rings. The quantitative estimate of drug-likeness (QED) is 0.656. The Balaban J connectivity index is 1.39. The maximum Gasteiger partial charge on any atom is 0.253 e. The average molecular weight is 374 g/mol. The van der Waals surface area contributed by atoms with E-state index in [2.05, 4.69) is 21.9 Å². The Kier molecular flexibility index (Phi) is 5.30. The van der Waals surface area contributed by atoms with Crippen molar-refractivity contribution >= 4 is 17.8 Å². The minimum absolute atomic E-state index is 0.0968. The molecule has 6 heteroatoms. The van der Waals surface area contributed by atoms with Crippen molar-refractivity contribution in [2.75, 3.05) is 33.2 Å². The minimum atomic E-state index is 0.0968. The molecule has 0 bridgehead atoms. The van der Waals surface area contributed by atoms with Crippen LogP contribution in [0.1, 0.15) is 15.9 Å². The Morgan fingerprint density at radius 3 is 2.39 bits per heavy atom. The van der Waals surface area contributed by atoms with Gasteiger partial charge in [0.1, 0.15) is 0 Å². The van der Waals surface area contributed by atoms with Gasteiger partial charge in [-0.3, -0.25) is 9.79 Å². The molecule has 3 aromatic rings. The first-order valence-corrected chi connectivity index (χ1v) is 9.30. The van der Waals surface area contributed by atoms with Crippen LogP contribution in [-0.4, -0.2) is 60.1 Å². The molecule has 0 N–H and O–H groups in total. The van der Waals surface area contributed by atoms with Gasteiger partial charge in [0.2, 0.25) is 0 Å². The topological polar surface area (TPSA) is 61.9 Å². The van der Waals surface area contributed by atoms with Gasteiger partial charge >= 0.3 is 0 Å². The van der Waals surface area contributed by atoms with Gasteiger partial charge in [-0.25, -0.2) is 4.98 Å². The lowest BCUT2D eigenvalue weighted by Crippen LogP contribution is -2.47. The zero-order valence-corrected chi connectivity index (χ0v) is 15.8. The van der Waals surface area contributed by atoms with E-state index in [0.29, 0.717) is 0 Å². The number of aliphatic imine (C=N–C) groups is 1. The normalized spacial score (nSPS) is 15.2. The van der Waals surface area contributed by atoms with Crippen molar-refractivity contribution in [3.8, 4) is 11.3 Å². The molecule has 0 atom stereocenters. The summed E-state index contributed by atoms with van der Waals surface area (Å²) in [5.41, 5.74) is 3.48. The van der Waals surface area contributed by atoms with E-state index in [1.54, 1.807) is 12.4 Å². The zero-order chi connectivity index (χ0) is 19.3. The van der Waals surface area contributed by atoms with Gasteiger partial charge in [0, 0.05) is 43.5 Å². The van der Waals surface area contributed by atoms with Crippen molar-refractivity contribution < 1.29 is 9.21 Å². The Morgan fingerprint density at radius 1 is 1.04 bits per heavy atom. The highest BCUT2D eigenvalue weighted by atomic mass is 16.3. The number of piperazine rings is 1. The van der Waals surface area contributed by atoms with E-state index in [9.17, 15) is 4.79 Å². The molecule has 1 saturated heterocycles. The second kappa shape index (κ2) is 8.19. The standard InChI is InChI=1S/C22H22N4O2/c1-25-10-12-26(13-11-25)22(27)19-4-2-17(3-5-19)14-24-20-8-6-18(7-9-20)21-15-23-16-28-21/h2-9,14-16H,10-13H2,1H3. The van der Waals surface area contributed by atoms with E-state index in [0.717, 1.165) is 54.3 Å². The number of benzene rings is 2. The Morgan fingerprint density at radius 2 is 1.75 bits per heavy atom. The highest BCUT2D eigenvalue weighted by Gasteiger charge is 2.19. The van der Waals surface area contributed by atoms with Crippen molar-refractivity contribution in [1.29, 1.82) is 0 Å². The van der Waals surface area contributed by atoms with Gasteiger partial charge in [-0.2, -0.15) is 0 Å². The monoisotopic (exact) mass is 374 g/mol. The number of oxazole rings is 1. The van der Waals surface area contributed by atoms with Gasteiger partial charge in [-0.1, -0.05) is 12.1 Å². The Bertz CT molecular complexity index is 939. The summed E-state index contributed by atoms with van der Waals surface area (Å²) in [5.74, 6) is 0.829. The van der Waals surface area contributed by atoms with Gasteiger partial charge in [0.25, 0.3) is 5.91 Å². The summed E-state index contributed by atoms with van der Waals surface area (Å²) in [7, 11) is 2.08. The third-order valence-corrected chi connectivity index (χ3v) is 4.89. The molecule has 1 aliphatic rings. The number of carbonyl (C=O) groups excluding carboxylic acids is 1. The van der Waals surface area contributed by atoms with Crippen LogP contribution in [0.15, 0.2) is 70.5 Å². The predicted molar refractivity (Wildman–Crippen MR) is 109 cm³/mol. The van der Waals surface area contributed by atoms with Gasteiger partial charge in [0.05, 0.1) is 11.9 Å². The van der Waals surface area contributed by atoms with Crippen molar-refractivity contribution in [1.82, 2.24) is 14.8 Å². The molecule has 6 nitrogen and oxygen atoms in total. The first-order chi connectivity index (χ1) is 13.7.